The summed E-state index contributed by atoms with van der Waals surface area (Å²) in [6, 6.07) is 7.69. The number of piperidine rings is 1. The maximum absolute atomic E-state index is 12.1. The highest BCUT2D eigenvalue weighted by Crippen LogP contribution is 2.17. The molecule has 1 amide bonds. The number of thioether (sulfide) groups is 1. The Balaban J connectivity index is 2.03. The molecule has 1 N–H and O–H groups in total. The van der Waals surface area contributed by atoms with Gasteiger partial charge in [-0.3, -0.25) is 4.79 Å². The molecule has 1 fully saturated rings. The van der Waals surface area contributed by atoms with Crippen LogP contribution in [0.2, 0.25) is 0 Å². The van der Waals surface area contributed by atoms with Crippen molar-refractivity contribution in [3.05, 3.63) is 29.8 Å². The van der Waals surface area contributed by atoms with Crippen LogP contribution in [-0.4, -0.2) is 41.4 Å². The standard InChI is InChI=1S/C13H17NO2S/c1-17-12-4-2-10(3-5-12)13(16)14-8-6-11(15)7-9-14/h2-5,11,15H,6-9H2,1H3. The summed E-state index contributed by atoms with van der Waals surface area (Å²) < 4.78 is 0. The van der Waals surface area contributed by atoms with Gasteiger partial charge in [0, 0.05) is 23.5 Å². The Bertz CT molecular complexity index is 383. The third kappa shape index (κ3) is 3.01. The first kappa shape index (κ1) is 12.5. The molecule has 1 aromatic carbocycles. The maximum Gasteiger partial charge on any atom is 0.253 e. The van der Waals surface area contributed by atoms with Crippen molar-refractivity contribution in [1.82, 2.24) is 4.90 Å². The Morgan fingerprint density at radius 2 is 1.88 bits per heavy atom. The topological polar surface area (TPSA) is 40.5 Å². The second-order valence-electron chi connectivity index (χ2n) is 4.25. The van der Waals surface area contributed by atoms with Crippen LogP contribution in [0.4, 0.5) is 0 Å². The van der Waals surface area contributed by atoms with Gasteiger partial charge in [0.15, 0.2) is 0 Å². The first-order valence-electron chi connectivity index (χ1n) is 5.82. The van der Waals surface area contributed by atoms with E-state index in [1.807, 2.05) is 35.4 Å². The predicted octanol–water partition coefficient (Wildman–Crippen LogP) is 2.01. The molecular weight excluding hydrogens is 234 g/mol. The molecule has 4 heteroatoms. The highest BCUT2D eigenvalue weighted by atomic mass is 32.2. The fraction of sp³-hybridized carbons (Fsp3) is 0.462. The van der Waals surface area contributed by atoms with E-state index in [0.29, 0.717) is 25.9 Å². The largest absolute Gasteiger partial charge is 0.393 e. The molecule has 0 bridgehead atoms. The number of aliphatic hydroxyl groups excluding tert-OH is 1. The molecule has 0 radical (unpaired) electrons. The quantitative estimate of drug-likeness (QED) is 0.817. The molecule has 1 aromatic rings. The Morgan fingerprint density at radius 3 is 2.41 bits per heavy atom. The summed E-state index contributed by atoms with van der Waals surface area (Å²) in [6.45, 7) is 1.31. The molecule has 2 rings (SSSR count). The summed E-state index contributed by atoms with van der Waals surface area (Å²) >= 11 is 1.67. The average Bonchev–Trinajstić information content (AvgIpc) is 2.39. The normalized spacial score (nSPS) is 17.2. The van der Waals surface area contributed by atoms with Crippen molar-refractivity contribution >= 4 is 17.7 Å². The number of aliphatic hydroxyl groups is 1. The second-order valence-corrected chi connectivity index (χ2v) is 5.13. The molecule has 0 atom stereocenters. The second kappa shape index (κ2) is 5.56. The Kier molecular flexibility index (Phi) is 4.07. The smallest absolute Gasteiger partial charge is 0.253 e. The van der Waals surface area contributed by atoms with Crippen molar-refractivity contribution in [2.45, 2.75) is 23.8 Å². The monoisotopic (exact) mass is 251 g/mol. The van der Waals surface area contributed by atoms with Crippen LogP contribution in [0.15, 0.2) is 29.2 Å². The van der Waals surface area contributed by atoms with Crippen LogP contribution in [0, 0.1) is 0 Å². The molecular formula is C13H17NO2S. The Labute approximate surface area is 106 Å². The van der Waals surface area contributed by atoms with Crippen LogP contribution in [-0.2, 0) is 0 Å². The van der Waals surface area contributed by atoms with Crippen molar-refractivity contribution < 1.29 is 9.90 Å². The lowest BCUT2D eigenvalue weighted by Gasteiger charge is -2.29. The van der Waals surface area contributed by atoms with Crippen LogP contribution >= 0.6 is 11.8 Å². The van der Waals surface area contributed by atoms with Gasteiger partial charge in [0.1, 0.15) is 0 Å². The van der Waals surface area contributed by atoms with E-state index in [1.165, 1.54) is 0 Å². The van der Waals surface area contributed by atoms with Gasteiger partial charge in [0.05, 0.1) is 6.10 Å². The van der Waals surface area contributed by atoms with Gasteiger partial charge >= 0.3 is 0 Å². The lowest BCUT2D eigenvalue weighted by atomic mass is 10.1. The first-order chi connectivity index (χ1) is 8.20. The van der Waals surface area contributed by atoms with Gasteiger partial charge in [0.2, 0.25) is 0 Å². The molecule has 1 heterocycles. The number of carbonyl (C=O) groups is 1. The molecule has 3 nitrogen and oxygen atoms in total. The van der Waals surface area contributed by atoms with Gasteiger partial charge in [0.25, 0.3) is 5.91 Å². The summed E-state index contributed by atoms with van der Waals surface area (Å²) in [5, 5.41) is 9.41. The molecule has 17 heavy (non-hydrogen) atoms. The van der Waals surface area contributed by atoms with Crippen LogP contribution in [0.1, 0.15) is 23.2 Å². The summed E-state index contributed by atoms with van der Waals surface area (Å²) in [5.74, 6) is 0.0737. The van der Waals surface area contributed by atoms with Crippen LogP contribution in [0.25, 0.3) is 0 Å². The molecule has 0 spiro atoms. The van der Waals surface area contributed by atoms with Crippen molar-refractivity contribution in [2.75, 3.05) is 19.3 Å². The van der Waals surface area contributed by atoms with Gasteiger partial charge in [-0.05, 0) is 43.4 Å². The minimum absolute atomic E-state index is 0.0737. The highest BCUT2D eigenvalue weighted by molar-refractivity contribution is 7.98. The predicted molar refractivity (Wildman–Crippen MR) is 69.4 cm³/mol. The molecule has 0 aromatic heterocycles. The average molecular weight is 251 g/mol. The molecule has 1 saturated heterocycles. The zero-order valence-electron chi connectivity index (χ0n) is 9.93. The lowest BCUT2D eigenvalue weighted by molar-refractivity contribution is 0.0546. The van der Waals surface area contributed by atoms with Gasteiger partial charge in [-0.25, -0.2) is 0 Å². The Morgan fingerprint density at radius 1 is 1.29 bits per heavy atom. The number of nitrogens with zero attached hydrogens (tertiary/aromatic N) is 1. The van der Waals surface area contributed by atoms with E-state index in [1.54, 1.807) is 11.8 Å². The van der Waals surface area contributed by atoms with Gasteiger partial charge in [-0.15, -0.1) is 11.8 Å². The third-order valence-corrected chi connectivity index (χ3v) is 3.83. The van der Waals surface area contributed by atoms with Gasteiger partial charge in [-0.1, -0.05) is 0 Å². The van der Waals surface area contributed by atoms with E-state index >= 15 is 0 Å². The maximum atomic E-state index is 12.1. The van der Waals surface area contributed by atoms with Crippen molar-refractivity contribution in [3.63, 3.8) is 0 Å². The minimum Gasteiger partial charge on any atom is -0.393 e. The number of carbonyl (C=O) groups excluding carboxylic acids is 1. The lowest BCUT2D eigenvalue weighted by Crippen LogP contribution is -2.40. The number of hydrogen-bond donors (Lipinski definition) is 1. The van der Waals surface area contributed by atoms with E-state index in [4.69, 9.17) is 0 Å². The van der Waals surface area contributed by atoms with Crippen molar-refractivity contribution in [3.8, 4) is 0 Å². The van der Waals surface area contributed by atoms with Crippen molar-refractivity contribution in [1.29, 1.82) is 0 Å². The third-order valence-electron chi connectivity index (χ3n) is 3.09. The Hall–Kier alpha value is -1.00. The molecule has 92 valence electrons. The SMILES string of the molecule is CSc1ccc(C(=O)N2CCC(O)CC2)cc1. The summed E-state index contributed by atoms with van der Waals surface area (Å²) in [4.78, 5) is 15.1. The summed E-state index contributed by atoms with van der Waals surface area (Å²) in [6.07, 6.45) is 3.16. The van der Waals surface area contributed by atoms with E-state index in [2.05, 4.69) is 0 Å². The highest BCUT2D eigenvalue weighted by Gasteiger charge is 2.21. The number of amides is 1. The van der Waals surface area contributed by atoms with Crippen LogP contribution < -0.4 is 0 Å². The van der Waals surface area contributed by atoms with E-state index in [9.17, 15) is 9.90 Å². The summed E-state index contributed by atoms with van der Waals surface area (Å²) in [5.41, 5.74) is 0.735. The molecule has 0 saturated carbocycles. The fourth-order valence-corrected chi connectivity index (χ4v) is 2.39. The van der Waals surface area contributed by atoms with E-state index in [-0.39, 0.29) is 12.0 Å². The fourth-order valence-electron chi connectivity index (χ4n) is 1.99. The van der Waals surface area contributed by atoms with Crippen LogP contribution in [0.3, 0.4) is 0 Å². The number of benzene rings is 1. The molecule has 1 aliphatic heterocycles. The van der Waals surface area contributed by atoms with Crippen LogP contribution in [0.5, 0.6) is 0 Å². The first-order valence-corrected chi connectivity index (χ1v) is 7.04. The van der Waals surface area contributed by atoms with Gasteiger partial charge < -0.3 is 10.0 Å². The molecule has 0 unspecified atom stereocenters. The number of hydrogen-bond acceptors (Lipinski definition) is 3. The number of likely N-dealkylation sites (tertiary alicyclic amines) is 1. The van der Waals surface area contributed by atoms with E-state index in [0.717, 1.165) is 10.5 Å². The molecule has 0 aliphatic carbocycles. The zero-order chi connectivity index (χ0) is 12.3. The zero-order valence-corrected chi connectivity index (χ0v) is 10.7. The minimum atomic E-state index is -0.238. The van der Waals surface area contributed by atoms with E-state index < -0.39 is 0 Å². The summed E-state index contributed by atoms with van der Waals surface area (Å²) in [7, 11) is 0. The molecule has 1 aliphatic rings. The van der Waals surface area contributed by atoms with Gasteiger partial charge in [-0.2, -0.15) is 0 Å². The number of rotatable bonds is 2. The van der Waals surface area contributed by atoms with Crippen molar-refractivity contribution in [2.24, 2.45) is 0 Å².